The Balaban J connectivity index is 4.28. The van der Waals surface area contributed by atoms with Gasteiger partial charge in [-0.25, -0.2) is 0 Å². The smallest absolute Gasteiger partial charge is 0.306 e. The van der Waals surface area contributed by atoms with Crippen LogP contribution >= 0.6 is 0 Å². The maximum atomic E-state index is 12.7. The van der Waals surface area contributed by atoms with Crippen molar-refractivity contribution in [2.24, 2.45) is 5.92 Å². The molecular weight excluding hydrogens is 661 g/mol. The number of ether oxygens (including phenoxy) is 3. The van der Waals surface area contributed by atoms with Crippen LogP contribution in [0.15, 0.2) is 0 Å². The van der Waals surface area contributed by atoms with Gasteiger partial charge in [-0.05, 0) is 25.2 Å². The number of carbonyl (C=O) groups excluding carboxylic acids is 3. The largest absolute Gasteiger partial charge is 0.462 e. The zero-order chi connectivity index (χ0) is 38.9. The van der Waals surface area contributed by atoms with Gasteiger partial charge in [-0.1, -0.05) is 220 Å². The molecule has 6 nitrogen and oxygen atoms in total. The van der Waals surface area contributed by atoms with E-state index in [4.69, 9.17) is 14.2 Å². The van der Waals surface area contributed by atoms with E-state index in [-0.39, 0.29) is 31.1 Å². The second-order valence-corrected chi connectivity index (χ2v) is 16.5. The summed E-state index contributed by atoms with van der Waals surface area (Å²) in [7, 11) is 0. The van der Waals surface area contributed by atoms with Crippen LogP contribution in [0, 0.1) is 5.92 Å². The fourth-order valence-electron chi connectivity index (χ4n) is 6.98. The highest BCUT2D eigenvalue weighted by molar-refractivity contribution is 5.71. The van der Waals surface area contributed by atoms with Gasteiger partial charge in [0.05, 0.1) is 0 Å². The van der Waals surface area contributed by atoms with Crippen molar-refractivity contribution in [1.29, 1.82) is 0 Å². The highest BCUT2D eigenvalue weighted by atomic mass is 16.6. The van der Waals surface area contributed by atoms with Crippen molar-refractivity contribution in [3.05, 3.63) is 0 Å². The second-order valence-electron chi connectivity index (χ2n) is 16.5. The van der Waals surface area contributed by atoms with Gasteiger partial charge in [0.2, 0.25) is 0 Å². The lowest BCUT2D eigenvalue weighted by Gasteiger charge is -2.18. The van der Waals surface area contributed by atoms with Crippen molar-refractivity contribution in [3.63, 3.8) is 0 Å². The normalized spacial score (nSPS) is 11.9. The third-order valence-corrected chi connectivity index (χ3v) is 10.5. The van der Waals surface area contributed by atoms with Crippen molar-refractivity contribution in [3.8, 4) is 0 Å². The van der Waals surface area contributed by atoms with Gasteiger partial charge in [0.25, 0.3) is 0 Å². The predicted octanol–water partition coefficient (Wildman–Crippen LogP) is 14.7. The number of carbonyl (C=O) groups is 3. The number of rotatable bonds is 42. The molecule has 0 heterocycles. The van der Waals surface area contributed by atoms with Crippen molar-refractivity contribution in [2.45, 2.75) is 265 Å². The Morgan fingerprint density at radius 3 is 0.925 bits per heavy atom. The summed E-state index contributed by atoms with van der Waals surface area (Å²) in [6.45, 7) is 8.94. The fourth-order valence-corrected chi connectivity index (χ4v) is 6.98. The summed E-state index contributed by atoms with van der Waals surface area (Å²) in [5.74, 6) is -0.0744. The van der Waals surface area contributed by atoms with Crippen molar-refractivity contribution >= 4 is 17.9 Å². The first kappa shape index (κ1) is 51.4. The van der Waals surface area contributed by atoms with Gasteiger partial charge in [0.15, 0.2) is 6.10 Å². The highest BCUT2D eigenvalue weighted by Crippen LogP contribution is 2.16. The SMILES string of the molecule is CCCCCCCCCCCCCCCCCC(=O)OC[C@@H](COC(=O)CCCCCCCCCC(C)C)OC(=O)CCCCCCCCCCCC. The van der Waals surface area contributed by atoms with Gasteiger partial charge >= 0.3 is 17.9 Å². The molecular formula is C47H90O6. The van der Waals surface area contributed by atoms with Crippen LogP contribution in [0.2, 0.25) is 0 Å². The van der Waals surface area contributed by atoms with Gasteiger partial charge in [-0.3, -0.25) is 14.4 Å². The average molecular weight is 751 g/mol. The van der Waals surface area contributed by atoms with E-state index in [2.05, 4.69) is 27.7 Å². The molecule has 1 atom stereocenters. The lowest BCUT2D eigenvalue weighted by molar-refractivity contribution is -0.167. The molecule has 6 heteroatoms. The minimum absolute atomic E-state index is 0.0641. The number of esters is 3. The molecule has 0 aromatic carbocycles. The highest BCUT2D eigenvalue weighted by Gasteiger charge is 2.19. The van der Waals surface area contributed by atoms with E-state index < -0.39 is 6.10 Å². The molecule has 53 heavy (non-hydrogen) atoms. The van der Waals surface area contributed by atoms with Gasteiger partial charge in [-0.2, -0.15) is 0 Å². The third kappa shape index (κ3) is 41.4. The van der Waals surface area contributed by atoms with E-state index in [1.165, 1.54) is 154 Å². The van der Waals surface area contributed by atoms with Crippen molar-refractivity contribution in [1.82, 2.24) is 0 Å². The summed E-state index contributed by atoms with van der Waals surface area (Å²) in [6.07, 6.45) is 40.9. The van der Waals surface area contributed by atoms with Gasteiger partial charge < -0.3 is 14.2 Å². The zero-order valence-electron chi connectivity index (χ0n) is 36.0. The minimum Gasteiger partial charge on any atom is -0.462 e. The zero-order valence-corrected chi connectivity index (χ0v) is 36.0. The molecule has 0 aromatic rings. The molecule has 0 aliphatic rings. The monoisotopic (exact) mass is 751 g/mol. The molecule has 0 unspecified atom stereocenters. The summed E-state index contributed by atoms with van der Waals surface area (Å²) in [4.78, 5) is 37.7. The van der Waals surface area contributed by atoms with E-state index in [1.807, 2.05) is 0 Å². The van der Waals surface area contributed by atoms with Crippen molar-refractivity contribution < 1.29 is 28.6 Å². The van der Waals surface area contributed by atoms with Crippen LogP contribution in [0.1, 0.15) is 259 Å². The molecule has 0 aliphatic heterocycles. The second kappa shape index (κ2) is 41.6. The lowest BCUT2D eigenvalue weighted by Crippen LogP contribution is -2.30. The van der Waals surface area contributed by atoms with Crippen LogP contribution in [0.25, 0.3) is 0 Å². The molecule has 0 N–H and O–H groups in total. The molecule has 0 amide bonds. The van der Waals surface area contributed by atoms with Gasteiger partial charge in [0, 0.05) is 19.3 Å². The Kier molecular flexibility index (Phi) is 40.3. The van der Waals surface area contributed by atoms with Crippen LogP contribution in [-0.2, 0) is 28.6 Å². The molecule has 0 aliphatic carbocycles. The van der Waals surface area contributed by atoms with Crippen LogP contribution in [0.5, 0.6) is 0 Å². The molecule has 0 bridgehead atoms. The fraction of sp³-hybridized carbons (Fsp3) is 0.936. The maximum absolute atomic E-state index is 12.7. The Morgan fingerprint density at radius 1 is 0.358 bits per heavy atom. The molecule has 0 radical (unpaired) electrons. The van der Waals surface area contributed by atoms with E-state index >= 15 is 0 Å². The van der Waals surface area contributed by atoms with Crippen LogP contribution in [0.3, 0.4) is 0 Å². The molecule has 0 saturated heterocycles. The third-order valence-electron chi connectivity index (χ3n) is 10.5. The van der Waals surface area contributed by atoms with E-state index in [1.54, 1.807) is 0 Å². The van der Waals surface area contributed by atoms with Crippen LogP contribution in [0.4, 0.5) is 0 Å². The molecule has 0 spiro atoms. The van der Waals surface area contributed by atoms with E-state index in [9.17, 15) is 14.4 Å². The topological polar surface area (TPSA) is 78.9 Å². The first-order valence-electron chi connectivity index (χ1n) is 23.4. The lowest BCUT2D eigenvalue weighted by atomic mass is 10.0. The maximum Gasteiger partial charge on any atom is 0.306 e. The summed E-state index contributed by atoms with van der Waals surface area (Å²) in [5.41, 5.74) is 0. The first-order valence-corrected chi connectivity index (χ1v) is 23.4. The van der Waals surface area contributed by atoms with Gasteiger partial charge in [0.1, 0.15) is 13.2 Å². The molecule has 314 valence electrons. The molecule has 0 fully saturated rings. The summed E-state index contributed by atoms with van der Waals surface area (Å²) in [6, 6.07) is 0. The summed E-state index contributed by atoms with van der Waals surface area (Å²) >= 11 is 0. The molecule has 0 rings (SSSR count). The van der Waals surface area contributed by atoms with Crippen LogP contribution < -0.4 is 0 Å². The predicted molar refractivity (Wildman–Crippen MR) is 224 cm³/mol. The Bertz CT molecular complexity index is 796. The van der Waals surface area contributed by atoms with E-state index in [0.717, 1.165) is 63.7 Å². The van der Waals surface area contributed by atoms with Gasteiger partial charge in [-0.15, -0.1) is 0 Å². The molecule has 0 aromatic heterocycles. The number of hydrogen-bond acceptors (Lipinski definition) is 6. The number of unbranched alkanes of at least 4 members (excludes halogenated alkanes) is 29. The average Bonchev–Trinajstić information content (AvgIpc) is 3.14. The van der Waals surface area contributed by atoms with E-state index in [0.29, 0.717) is 19.3 Å². The summed E-state index contributed by atoms with van der Waals surface area (Å²) < 4.78 is 16.7. The Morgan fingerprint density at radius 2 is 0.623 bits per heavy atom. The molecule has 0 saturated carbocycles. The Labute approximate surface area is 329 Å². The quantitative estimate of drug-likeness (QED) is 0.0351. The van der Waals surface area contributed by atoms with Crippen LogP contribution in [-0.4, -0.2) is 37.2 Å². The standard InChI is InChI=1S/C47H90O6/c1-5-7-9-11-13-15-17-18-19-20-21-23-26-30-34-38-45(48)51-41-44(53-47(50)40-36-32-27-22-16-14-12-10-8-6-2)42-52-46(49)39-35-31-28-24-25-29-33-37-43(3)4/h43-44H,5-42H2,1-4H3/t44-/m0/s1. The Hall–Kier alpha value is -1.59. The minimum atomic E-state index is -0.759. The number of hydrogen-bond donors (Lipinski definition) is 0. The van der Waals surface area contributed by atoms with Crippen molar-refractivity contribution in [2.75, 3.05) is 13.2 Å². The first-order chi connectivity index (χ1) is 25.9. The summed E-state index contributed by atoms with van der Waals surface area (Å²) in [5, 5.41) is 0.